The van der Waals surface area contributed by atoms with Crippen LogP contribution in [0, 0.1) is 0 Å². The smallest absolute Gasteiger partial charge is 0.320 e. The van der Waals surface area contributed by atoms with Gasteiger partial charge in [0.2, 0.25) is 5.28 Å². The number of halogens is 2. The summed E-state index contributed by atoms with van der Waals surface area (Å²) in [4.78, 5) is 23.8. The number of hydrogen-bond acceptors (Lipinski definition) is 4. The number of hydrogen-bond donors (Lipinski definition) is 0. The van der Waals surface area contributed by atoms with Gasteiger partial charge in [-0.05, 0) is 11.6 Å². The van der Waals surface area contributed by atoms with E-state index in [-0.39, 0.29) is 11.3 Å². The molecule has 0 aromatic carbocycles. The number of aromatic nitrogens is 2. The molecule has 0 atom stereocenters. The summed E-state index contributed by atoms with van der Waals surface area (Å²) >= 11 is 11.8. The molecule has 0 radical (unpaired) electrons. The highest BCUT2D eigenvalue weighted by atomic mass is 35.5. The van der Waals surface area contributed by atoms with Crippen molar-refractivity contribution in [2.24, 2.45) is 0 Å². The van der Waals surface area contributed by atoms with Crippen molar-refractivity contribution >= 4 is 29.2 Å². The van der Waals surface area contributed by atoms with Crippen molar-refractivity contribution < 1.29 is 9.53 Å². The lowest BCUT2D eigenvalue weighted by atomic mass is 10.3. The Labute approximate surface area is 120 Å². The van der Waals surface area contributed by atoms with Gasteiger partial charge in [0.1, 0.15) is 5.15 Å². The summed E-state index contributed by atoms with van der Waals surface area (Å²) in [6.45, 7) is 3.25. The number of fused-ring (bicyclic) bond motifs is 1. The van der Waals surface area contributed by atoms with Gasteiger partial charge < -0.3 is 14.5 Å². The fourth-order valence-corrected chi connectivity index (χ4v) is 2.75. The molecular formula is C11H12Cl2N4O2. The molecule has 0 N–H and O–H groups in total. The molecule has 2 aliphatic heterocycles. The summed E-state index contributed by atoms with van der Waals surface area (Å²) in [6.07, 6.45) is 0. The van der Waals surface area contributed by atoms with Crippen LogP contribution in [-0.4, -0.2) is 52.1 Å². The number of ether oxygens (including phenoxy) is 1. The quantitative estimate of drug-likeness (QED) is 0.539. The second-order valence-corrected chi connectivity index (χ2v) is 5.14. The second kappa shape index (κ2) is 5.11. The van der Waals surface area contributed by atoms with Gasteiger partial charge in [0.25, 0.3) is 0 Å². The largest absolute Gasteiger partial charge is 0.378 e. The fraction of sp³-hybridized carbons (Fsp3) is 0.545. The molecule has 0 aliphatic carbocycles. The number of rotatable bonds is 0. The van der Waals surface area contributed by atoms with Gasteiger partial charge >= 0.3 is 6.03 Å². The van der Waals surface area contributed by atoms with Crippen molar-refractivity contribution in [3.63, 3.8) is 0 Å². The van der Waals surface area contributed by atoms with Crippen LogP contribution in [0.15, 0.2) is 0 Å². The zero-order valence-electron chi connectivity index (χ0n) is 10.1. The van der Waals surface area contributed by atoms with Crippen LogP contribution >= 0.6 is 23.2 Å². The molecular weight excluding hydrogens is 291 g/mol. The summed E-state index contributed by atoms with van der Waals surface area (Å²) in [5.41, 5.74) is 1.51. The normalized spacial score (nSPS) is 18.6. The van der Waals surface area contributed by atoms with Crippen LogP contribution in [0.5, 0.6) is 0 Å². The predicted octanol–water partition coefficient (Wildman–Crippen LogP) is 1.55. The Morgan fingerprint density at radius 2 is 1.84 bits per heavy atom. The van der Waals surface area contributed by atoms with Gasteiger partial charge in [-0.2, -0.15) is 0 Å². The van der Waals surface area contributed by atoms with Crippen molar-refractivity contribution in [1.82, 2.24) is 19.8 Å². The summed E-state index contributed by atoms with van der Waals surface area (Å²) in [5.74, 6) is 0. The Balaban J connectivity index is 1.76. The Kier molecular flexibility index (Phi) is 3.47. The van der Waals surface area contributed by atoms with Gasteiger partial charge in [-0.1, -0.05) is 11.6 Å². The number of urea groups is 1. The zero-order chi connectivity index (χ0) is 13.4. The zero-order valence-corrected chi connectivity index (χ0v) is 11.6. The van der Waals surface area contributed by atoms with E-state index < -0.39 is 0 Å². The first kappa shape index (κ1) is 12.9. The number of carbonyl (C=O) groups is 1. The van der Waals surface area contributed by atoms with E-state index in [1.807, 2.05) is 0 Å². The van der Waals surface area contributed by atoms with E-state index >= 15 is 0 Å². The maximum atomic E-state index is 12.3. The lowest BCUT2D eigenvalue weighted by Gasteiger charge is -2.30. The molecule has 1 aromatic rings. The Hall–Kier alpha value is -1.11. The highest BCUT2D eigenvalue weighted by molar-refractivity contribution is 6.32. The lowest BCUT2D eigenvalue weighted by Crippen LogP contribution is -2.46. The van der Waals surface area contributed by atoms with Crippen molar-refractivity contribution in [1.29, 1.82) is 0 Å². The molecule has 0 saturated carbocycles. The standard InChI is InChI=1S/C11H12Cl2N4O2/c12-9-7-5-17(6-8(7)14-10(13)15-9)11(18)16-1-3-19-4-2-16/h1-6H2. The SMILES string of the molecule is O=C(N1CCOCC1)N1Cc2nc(Cl)nc(Cl)c2C1. The van der Waals surface area contributed by atoms with E-state index in [0.717, 1.165) is 11.3 Å². The van der Waals surface area contributed by atoms with Gasteiger partial charge in [-0.25, -0.2) is 14.8 Å². The Morgan fingerprint density at radius 3 is 2.58 bits per heavy atom. The monoisotopic (exact) mass is 302 g/mol. The van der Waals surface area contributed by atoms with Gasteiger partial charge in [-0.15, -0.1) is 0 Å². The average molecular weight is 303 g/mol. The maximum absolute atomic E-state index is 12.3. The Morgan fingerprint density at radius 1 is 1.11 bits per heavy atom. The van der Waals surface area contributed by atoms with Crippen molar-refractivity contribution in [3.05, 3.63) is 21.7 Å². The summed E-state index contributed by atoms with van der Waals surface area (Å²) in [5, 5.41) is 0.441. The minimum absolute atomic E-state index is 0.0199. The third kappa shape index (κ3) is 2.48. The lowest BCUT2D eigenvalue weighted by molar-refractivity contribution is 0.0429. The van der Waals surface area contributed by atoms with E-state index in [1.54, 1.807) is 9.80 Å². The number of morpholine rings is 1. The summed E-state index contributed by atoms with van der Waals surface area (Å²) in [7, 11) is 0. The van der Waals surface area contributed by atoms with E-state index in [9.17, 15) is 4.79 Å². The molecule has 3 heterocycles. The molecule has 19 heavy (non-hydrogen) atoms. The van der Waals surface area contributed by atoms with Crippen LogP contribution in [0.25, 0.3) is 0 Å². The van der Waals surface area contributed by atoms with Gasteiger partial charge in [0.05, 0.1) is 32.0 Å². The van der Waals surface area contributed by atoms with Crippen LogP contribution in [0.3, 0.4) is 0 Å². The van der Waals surface area contributed by atoms with Crippen LogP contribution in [-0.2, 0) is 17.8 Å². The van der Waals surface area contributed by atoms with E-state index in [4.69, 9.17) is 27.9 Å². The molecule has 8 heteroatoms. The predicted molar refractivity (Wildman–Crippen MR) is 69.1 cm³/mol. The van der Waals surface area contributed by atoms with Crippen molar-refractivity contribution in [2.75, 3.05) is 26.3 Å². The molecule has 102 valence electrons. The average Bonchev–Trinajstić information content (AvgIpc) is 2.83. The molecule has 0 unspecified atom stereocenters. The molecule has 1 saturated heterocycles. The van der Waals surface area contributed by atoms with Crippen LogP contribution in [0.2, 0.25) is 10.4 Å². The Bertz CT molecular complexity index is 520. The molecule has 6 nitrogen and oxygen atoms in total. The van der Waals surface area contributed by atoms with E-state index in [2.05, 4.69) is 9.97 Å². The van der Waals surface area contributed by atoms with Gasteiger partial charge in [-0.3, -0.25) is 0 Å². The third-order valence-corrected chi connectivity index (χ3v) is 3.74. The second-order valence-electron chi connectivity index (χ2n) is 4.45. The third-order valence-electron chi connectivity index (χ3n) is 3.26. The van der Waals surface area contributed by atoms with Crippen LogP contribution < -0.4 is 0 Å². The molecule has 2 aliphatic rings. The molecule has 0 spiro atoms. The minimum atomic E-state index is -0.0199. The topological polar surface area (TPSA) is 58.6 Å². The highest BCUT2D eigenvalue weighted by Crippen LogP contribution is 2.28. The molecule has 2 amide bonds. The van der Waals surface area contributed by atoms with Gasteiger partial charge in [0, 0.05) is 18.7 Å². The molecule has 0 bridgehead atoms. The fourth-order valence-electron chi connectivity index (χ4n) is 2.28. The first-order chi connectivity index (χ1) is 9.15. The maximum Gasteiger partial charge on any atom is 0.320 e. The van der Waals surface area contributed by atoms with Crippen LogP contribution in [0.1, 0.15) is 11.3 Å². The first-order valence-electron chi connectivity index (χ1n) is 5.97. The molecule has 1 aromatic heterocycles. The van der Waals surface area contributed by atoms with Crippen molar-refractivity contribution in [3.8, 4) is 0 Å². The highest BCUT2D eigenvalue weighted by Gasteiger charge is 2.31. The number of carbonyl (C=O) groups excluding carboxylic acids is 1. The molecule has 3 rings (SSSR count). The molecule has 1 fully saturated rings. The van der Waals surface area contributed by atoms with E-state index in [1.165, 1.54) is 0 Å². The number of nitrogens with zero attached hydrogens (tertiary/aromatic N) is 4. The first-order valence-corrected chi connectivity index (χ1v) is 6.73. The minimum Gasteiger partial charge on any atom is -0.378 e. The number of amides is 2. The van der Waals surface area contributed by atoms with Crippen molar-refractivity contribution in [2.45, 2.75) is 13.1 Å². The summed E-state index contributed by atoms with van der Waals surface area (Å²) < 4.78 is 5.24. The summed E-state index contributed by atoms with van der Waals surface area (Å²) in [6, 6.07) is -0.0199. The van der Waals surface area contributed by atoms with E-state index in [0.29, 0.717) is 44.5 Å². The van der Waals surface area contributed by atoms with Crippen LogP contribution in [0.4, 0.5) is 4.79 Å². The van der Waals surface area contributed by atoms with Gasteiger partial charge in [0.15, 0.2) is 0 Å².